The fourth-order valence-corrected chi connectivity index (χ4v) is 4.59. The van der Waals surface area contributed by atoms with Gasteiger partial charge in [-0.15, -0.1) is 0 Å². The van der Waals surface area contributed by atoms with E-state index in [9.17, 15) is 14.0 Å². The first-order valence-corrected chi connectivity index (χ1v) is 14.3. The number of nitrogens with one attached hydrogen (secondary N) is 3. The van der Waals surface area contributed by atoms with E-state index in [0.717, 1.165) is 27.8 Å². The molecule has 1 aromatic carbocycles. The zero-order chi connectivity index (χ0) is 31.0. The number of allylic oxidation sites excluding steroid dienone is 5. The van der Waals surface area contributed by atoms with Gasteiger partial charge in [0.2, 0.25) is 5.95 Å². The van der Waals surface area contributed by atoms with Gasteiger partial charge in [0, 0.05) is 18.8 Å². The maximum Gasteiger partial charge on any atom is 0.355 e. The zero-order valence-electron chi connectivity index (χ0n) is 24.9. The molecule has 1 aliphatic rings. The van der Waals surface area contributed by atoms with Crippen LogP contribution in [0.1, 0.15) is 58.6 Å². The lowest BCUT2D eigenvalue weighted by molar-refractivity contribution is 0.595. The average Bonchev–Trinajstić information content (AvgIpc) is 2.97. The molecule has 1 atom stereocenters. The number of aliphatic imine (C=N–C) groups is 2. The molecule has 1 aromatic heterocycles. The Hall–Kier alpha value is -4.12. The molecule has 3 rings (SSSR count). The average molecular weight is 597 g/mol. The van der Waals surface area contributed by atoms with Crippen LogP contribution in [-0.2, 0) is 19.5 Å². The van der Waals surface area contributed by atoms with Gasteiger partial charge in [0.05, 0.1) is 30.2 Å². The summed E-state index contributed by atoms with van der Waals surface area (Å²) in [5.74, 6) is -0.715. The minimum absolute atomic E-state index is 0.00775. The number of hydrogen-bond donors (Lipinski definition) is 3. The second-order valence-corrected chi connectivity index (χ2v) is 10.2. The van der Waals surface area contributed by atoms with Crippen molar-refractivity contribution in [1.82, 2.24) is 19.4 Å². The van der Waals surface area contributed by atoms with Crippen LogP contribution in [-0.4, -0.2) is 45.1 Å². The van der Waals surface area contributed by atoms with Crippen molar-refractivity contribution in [3.8, 4) is 0 Å². The lowest BCUT2D eigenvalue weighted by atomic mass is 9.95. The zero-order valence-corrected chi connectivity index (χ0v) is 25.6. The molecule has 0 amide bonds. The highest BCUT2D eigenvalue weighted by molar-refractivity contribution is 6.30. The van der Waals surface area contributed by atoms with E-state index in [1.807, 2.05) is 39.0 Å². The molecule has 0 aliphatic heterocycles. The summed E-state index contributed by atoms with van der Waals surface area (Å²) in [6.45, 7) is 9.45. The number of amidine groups is 1. The quantitative estimate of drug-likeness (QED) is 0.252. The maximum atomic E-state index is 14.5. The smallest absolute Gasteiger partial charge is 0.355 e. The van der Waals surface area contributed by atoms with E-state index in [-0.39, 0.29) is 35.9 Å². The summed E-state index contributed by atoms with van der Waals surface area (Å²) < 4.78 is 16.6. The number of rotatable bonds is 11. The van der Waals surface area contributed by atoms with Crippen LogP contribution in [0.5, 0.6) is 0 Å². The molecule has 1 unspecified atom stereocenters. The lowest BCUT2D eigenvalue weighted by Crippen LogP contribution is -2.44. The molecule has 0 saturated carbocycles. The highest BCUT2D eigenvalue weighted by Gasteiger charge is 2.21. The van der Waals surface area contributed by atoms with E-state index >= 15 is 0 Å². The molecule has 10 nitrogen and oxygen atoms in total. The monoisotopic (exact) mass is 596 g/mol. The van der Waals surface area contributed by atoms with Crippen LogP contribution in [0.25, 0.3) is 0 Å². The van der Waals surface area contributed by atoms with E-state index in [1.165, 1.54) is 17.0 Å². The second-order valence-electron chi connectivity index (χ2n) is 9.79. The normalized spacial score (nSPS) is 16.1. The Kier molecular flexibility index (Phi) is 11.3. The second kappa shape index (κ2) is 14.7. The first-order valence-electron chi connectivity index (χ1n) is 14.0. The summed E-state index contributed by atoms with van der Waals surface area (Å²) in [6.07, 6.45) is 9.13. The topological polar surface area (TPSA) is 130 Å². The van der Waals surface area contributed by atoms with Crippen molar-refractivity contribution in [1.29, 1.82) is 5.41 Å². The van der Waals surface area contributed by atoms with Crippen LogP contribution < -0.4 is 22.0 Å². The van der Waals surface area contributed by atoms with Gasteiger partial charge < -0.3 is 10.6 Å². The minimum atomic E-state index is -0.835. The molecule has 0 bridgehead atoms. The fraction of sp³-hybridized carbons (Fsp3) is 0.400. The van der Waals surface area contributed by atoms with Crippen molar-refractivity contribution >= 4 is 35.4 Å². The standard InChI is InChI=1S/C30H38ClFN8O2/c1-7-18(5)36-24-13-21(9-3)25(14-20(24)8-2)37-28-38-29(41)40(16-26(33)35-17-34-6)30(42)39(28)15-19-11-22(10-4)27(32)23(31)12-19/h8,11-14,17-18H,7,9-10,15-16H2,1-6H3,(H2,33,34,35)(H,37,38,41)/b20-8-,36-24-. The number of nitrogens with zero attached hydrogens (tertiary/aromatic N) is 5. The summed E-state index contributed by atoms with van der Waals surface area (Å²) in [4.78, 5) is 39.8. The Morgan fingerprint density at radius 3 is 2.55 bits per heavy atom. The Morgan fingerprint density at radius 2 is 1.93 bits per heavy atom. The molecular weight excluding hydrogens is 559 g/mol. The molecular formula is C30H38ClFN8O2. The van der Waals surface area contributed by atoms with Crippen molar-refractivity contribution < 1.29 is 4.39 Å². The molecule has 2 aromatic rings. The van der Waals surface area contributed by atoms with Gasteiger partial charge in [0.25, 0.3) is 0 Å². The van der Waals surface area contributed by atoms with Gasteiger partial charge in [-0.25, -0.2) is 23.5 Å². The Balaban J connectivity index is 2.17. The molecule has 1 aliphatic carbocycles. The Labute approximate surface area is 250 Å². The van der Waals surface area contributed by atoms with E-state index in [0.29, 0.717) is 29.7 Å². The number of anilines is 1. The van der Waals surface area contributed by atoms with Crippen molar-refractivity contribution in [3.63, 3.8) is 0 Å². The largest absolute Gasteiger partial charge is 0.379 e. The van der Waals surface area contributed by atoms with E-state index in [4.69, 9.17) is 22.0 Å². The van der Waals surface area contributed by atoms with Crippen molar-refractivity contribution in [2.45, 2.75) is 73.0 Å². The Morgan fingerprint density at radius 1 is 1.19 bits per heavy atom. The van der Waals surface area contributed by atoms with Crippen LogP contribution in [0.15, 0.2) is 66.8 Å². The van der Waals surface area contributed by atoms with Crippen LogP contribution in [0.2, 0.25) is 5.02 Å². The summed E-state index contributed by atoms with van der Waals surface area (Å²) in [5, 5.41) is 13.9. The van der Waals surface area contributed by atoms with Gasteiger partial charge in [-0.05, 0) is 73.6 Å². The van der Waals surface area contributed by atoms with Crippen LogP contribution >= 0.6 is 11.6 Å². The van der Waals surface area contributed by atoms with Crippen LogP contribution in [0.4, 0.5) is 10.3 Å². The third-order valence-electron chi connectivity index (χ3n) is 6.83. The van der Waals surface area contributed by atoms with Gasteiger partial charge in [-0.2, -0.15) is 4.98 Å². The molecule has 0 radical (unpaired) electrons. The van der Waals surface area contributed by atoms with E-state index in [1.54, 1.807) is 13.1 Å². The molecule has 0 fully saturated rings. The molecule has 0 spiro atoms. The number of benzene rings is 1. The predicted molar refractivity (Wildman–Crippen MR) is 169 cm³/mol. The summed E-state index contributed by atoms with van der Waals surface area (Å²) in [5.41, 5.74) is 2.77. The molecule has 0 saturated heterocycles. The summed E-state index contributed by atoms with van der Waals surface area (Å²) >= 11 is 6.17. The highest BCUT2D eigenvalue weighted by atomic mass is 35.5. The molecule has 1 heterocycles. The summed E-state index contributed by atoms with van der Waals surface area (Å²) in [7, 11) is 1.62. The molecule has 42 heavy (non-hydrogen) atoms. The third-order valence-corrected chi connectivity index (χ3v) is 7.11. The first kappa shape index (κ1) is 32.4. The lowest BCUT2D eigenvalue weighted by Gasteiger charge is -2.22. The van der Waals surface area contributed by atoms with Crippen LogP contribution in [0.3, 0.4) is 0 Å². The minimum Gasteiger partial charge on any atom is -0.379 e. The summed E-state index contributed by atoms with van der Waals surface area (Å²) in [6, 6.07) is 3.24. The number of hydrogen-bond acceptors (Lipinski definition) is 6. The predicted octanol–water partition coefficient (Wildman–Crippen LogP) is 4.86. The van der Waals surface area contributed by atoms with Crippen molar-refractivity contribution in [2.24, 2.45) is 9.98 Å². The van der Waals surface area contributed by atoms with E-state index < -0.39 is 17.2 Å². The third kappa shape index (κ3) is 7.58. The first-order chi connectivity index (χ1) is 20.1. The van der Waals surface area contributed by atoms with Gasteiger partial charge in [-0.3, -0.25) is 15.0 Å². The van der Waals surface area contributed by atoms with Gasteiger partial charge in [-0.1, -0.05) is 44.5 Å². The van der Waals surface area contributed by atoms with E-state index in [2.05, 4.69) is 34.5 Å². The molecule has 12 heteroatoms. The number of aryl methyl sites for hydroxylation is 1. The highest BCUT2D eigenvalue weighted by Crippen LogP contribution is 2.26. The maximum absolute atomic E-state index is 14.5. The van der Waals surface area contributed by atoms with Crippen molar-refractivity contribution in [3.05, 3.63) is 90.1 Å². The number of halogens is 2. The van der Waals surface area contributed by atoms with Gasteiger partial charge in [0.1, 0.15) is 11.7 Å². The fourth-order valence-electron chi connectivity index (χ4n) is 4.32. The molecule has 224 valence electrons. The van der Waals surface area contributed by atoms with Gasteiger partial charge >= 0.3 is 11.4 Å². The van der Waals surface area contributed by atoms with Crippen LogP contribution in [0, 0.1) is 11.2 Å². The Bertz CT molecular complexity index is 1610. The SMILES string of the molecule is C/C=C1/C=C(Nc2nc(=O)n(CC(=N)/N=C\NC)c(=O)n2Cc2cc(Cl)c(F)c(CC)c2)C(CC)=C/C1=N/C(C)CC. The number of aromatic nitrogens is 3. The van der Waals surface area contributed by atoms with Crippen molar-refractivity contribution in [2.75, 3.05) is 12.4 Å². The molecule has 3 N–H and O–H groups in total. The van der Waals surface area contributed by atoms with Gasteiger partial charge in [0.15, 0.2) is 0 Å².